The summed E-state index contributed by atoms with van der Waals surface area (Å²) in [4.78, 5) is 19.9. The molecule has 0 aromatic heterocycles. The Labute approximate surface area is 198 Å². The summed E-state index contributed by atoms with van der Waals surface area (Å²) >= 11 is 5.96. The smallest absolute Gasteiger partial charge is 0.239 e. The molecule has 0 radical (unpaired) electrons. The lowest BCUT2D eigenvalue weighted by atomic mass is 10.0. The van der Waals surface area contributed by atoms with E-state index >= 15 is 0 Å². The van der Waals surface area contributed by atoms with Gasteiger partial charge in [-0.25, -0.2) is 0 Å². The first-order valence-electron chi connectivity index (χ1n) is 11.7. The van der Waals surface area contributed by atoms with Crippen LogP contribution in [0.25, 0.3) is 0 Å². The first-order chi connectivity index (χ1) is 15.4. The number of benzene rings is 2. The minimum Gasteiger partial charge on any atom is -0.339 e. The third-order valence-corrected chi connectivity index (χ3v) is 6.79. The quantitative estimate of drug-likeness (QED) is 0.624. The summed E-state index contributed by atoms with van der Waals surface area (Å²) in [5.74, 6) is 0.0372. The summed E-state index contributed by atoms with van der Waals surface area (Å²) in [5, 5.41) is 0.692. The Bertz CT molecular complexity index is 843. The van der Waals surface area contributed by atoms with Crippen LogP contribution in [0.4, 0.5) is 0 Å². The predicted molar refractivity (Wildman–Crippen MR) is 133 cm³/mol. The molecule has 1 amide bonds. The van der Waals surface area contributed by atoms with Crippen LogP contribution >= 0.6 is 11.6 Å². The average molecular weight is 457 g/mol. The van der Waals surface area contributed by atoms with Crippen LogP contribution in [0.5, 0.6) is 0 Å². The first kappa shape index (κ1) is 24.7. The van der Waals surface area contributed by atoms with Crippen molar-refractivity contribution in [3.63, 3.8) is 0 Å². The number of rotatable bonds is 9. The summed E-state index contributed by atoms with van der Waals surface area (Å²) in [5.41, 5.74) is 9.94. The van der Waals surface area contributed by atoms with E-state index in [1.165, 1.54) is 11.1 Å². The molecule has 174 valence electrons. The van der Waals surface area contributed by atoms with Gasteiger partial charge in [0, 0.05) is 43.8 Å². The Hall–Kier alpha value is -1.92. The van der Waals surface area contributed by atoms with E-state index in [2.05, 4.69) is 54.8 Å². The highest BCUT2D eigenvalue weighted by Crippen LogP contribution is 2.24. The highest BCUT2D eigenvalue weighted by Gasteiger charge is 2.30. The molecule has 1 unspecified atom stereocenters. The molecule has 1 fully saturated rings. The van der Waals surface area contributed by atoms with Gasteiger partial charge in [-0.15, -0.1) is 0 Å². The Balaban J connectivity index is 1.62. The maximum absolute atomic E-state index is 13.0. The van der Waals surface area contributed by atoms with Crippen molar-refractivity contribution in [2.75, 3.05) is 45.8 Å². The van der Waals surface area contributed by atoms with Gasteiger partial charge >= 0.3 is 0 Å². The minimum atomic E-state index is -0.522. The van der Waals surface area contributed by atoms with Gasteiger partial charge in [-0.3, -0.25) is 9.69 Å². The molecule has 32 heavy (non-hydrogen) atoms. The zero-order valence-electron chi connectivity index (χ0n) is 19.6. The van der Waals surface area contributed by atoms with Gasteiger partial charge in [0.2, 0.25) is 5.91 Å². The minimum absolute atomic E-state index is 0.0372. The van der Waals surface area contributed by atoms with E-state index in [4.69, 9.17) is 17.3 Å². The number of piperazine rings is 1. The summed E-state index contributed by atoms with van der Waals surface area (Å²) in [6.07, 6.45) is 0.532. The number of nitrogens with two attached hydrogens (primary N) is 1. The summed E-state index contributed by atoms with van der Waals surface area (Å²) < 4.78 is 0. The molecule has 6 heteroatoms. The van der Waals surface area contributed by atoms with E-state index in [9.17, 15) is 4.79 Å². The average Bonchev–Trinajstić information content (AvgIpc) is 2.82. The molecule has 1 aliphatic rings. The molecule has 2 atom stereocenters. The molecule has 1 heterocycles. The first-order valence-corrected chi connectivity index (χ1v) is 12.1. The highest BCUT2D eigenvalue weighted by molar-refractivity contribution is 6.30. The van der Waals surface area contributed by atoms with Crippen molar-refractivity contribution in [2.24, 2.45) is 5.73 Å². The molecule has 1 aliphatic heterocycles. The monoisotopic (exact) mass is 456 g/mol. The normalized spacial score (nSPS) is 16.9. The SMILES string of the molecule is CCN(CC)CC(c1ccc(C)cc1)N1CCN(C(=O)[C@H](N)Cc2ccc(Cl)cc2)CC1. The number of carbonyl (C=O) groups is 1. The third-order valence-electron chi connectivity index (χ3n) is 6.54. The molecular formula is C26H37ClN4O. The van der Waals surface area contributed by atoms with Gasteiger partial charge in [-0.05, 0) is 49.7 Å². The molecule has 0 aliphatic carbocycles. The maximum atomic E-state index is 13.0. The van der Waals surface area contributed by atoms with E-state index in [-0.39, 0.29) is 5.91 Å². The van der Waals surface area contributed by atoms with E-state index in [1.807, 2.05) is 29.2 Å². The van der Waals surface area contributed by atoms with Crippen molar-refractivity contribution < 1.29 is 4.79 Å². The Kier molecular flexibility index (Phi) is 9.11. The summed E-state index contributed by atoms with van der Waals surface area (Å²) in [7, 11) is 0. The number of hydrogen-bond acceptors (Lipinski definition) is 4. The van der Waals surface area contributed by atoms with Crippen molar-refractivity contribution in [1.29, 1.82) is 0 Å². The predicted octanol–water partition coefficient (Wildman–Crippen LogP) is 3.75. The van der Waals surface area contributed by atoms with E-state index in [1.54, 1.807) is 0 Å². The maximum Gasteiger partial charge on any atom is 0.239 e. The highest BCUT2D eigenvalue weighted by atomic mass is 35.5. The van der Waals surface area contributed by atoms with Crippen LogP contribution in [0, 0.1) is 6.92 Å². The van der Waals surface area contributed by atoms with Crippen molar-refractivity contribution in [3.8, 4) is 0 Å². The molecule has 5 nitrogen and oxygen atoms in total. The Morgan fingerprint density at radius 3 is 2.16 bits per heavy atom. The number of hydrogen-bond donors (Lipinski definition) is 1. The standard InChI is InChI=1S/C26H37ClN4O/c1-4-29(5-2)19-25(22-10-6-20(3)7-11-22)30-14-16-31(17-15-30)26(32)24(28)18-21-8-12-23(27)13-9-21/h6-13,24-25H,4-5,14-19,28H2,1-3H3/t24-,25?/m1/s1. The van der Waals surface area contributed by atoms with Gasteiger partial charge < -0.3 is 15.5 Å². The largest absolute Gasteiger partial charge is 0.339 e. The Morgan fingerprint density at radius 2 is 1.59 bits per heavy atom. The second-order valence-corrected chi connectivity index (χ2v) is 9.15. The number of amides is 1. The van der Waals surface area contributed by atoms with Gasteiger partial charge in [-0.1, -0.05) is 67.4 Å². The zero-order valence-corrected chi connectivity index (χ0v) is 20.4. The van der Waals surface area contributed by atoms with E-state index in [0.717, 1.165) is 38.3 Å². The van der Waals surface area contributed by atoms with Gasteiger partial charge in [-0.2, -0.15) is 0 Å². The number of halogens is 1. The lowest BCUT2D eigenvalue weighted by Crippen LogP contribution is -2.55. The van der Waals surface area contributed by atoms with Crippen LogP contribution in [0.15, 0.2) is 48.5 Å². The summed E-state index contributed by atoms with van der Waals surface area (Å²) in [6, 6.07) is 16.3. The molecule has 3 rings (SSSR count). The Morgan fingerprint density at radius 1 is 1.00 bits per heavy atom. The van der Waals surface area contributed by atoms with Crippen LogP contribution in [0.1, 0.15) is 36.6 Å². The van der Waals surface area contributed by atoms with Crippen molar-refractivity contribution >= 4 is 17.5 Å². The number of carbonyl (C=O) groups excluding carboxylic acids is 1. The van der Waals surface area contributed by atoms with E-state index < -0.39 is 6.04 Å². The van der Waals surface area contributed by atoms with Crippen molar-refractivity contribution in [1.82, 2.24) is 14.7 Å². The van der Waals surface area contributed by atoms with E-state index in [0.29, 0.717) is 30.6 Å². The van der Waals surface area contributed by atoms with Gasteiger partial charge in [0.15, 0.2) is 0 Å². The molecule has 0 saturated carbocycles. The molecule has 2 aromatic rings. The molecule has 0 spiro atoms. The lowest BCUT2D eigenvalue weighted by Gasteiger charge is -2.41. The van der Waals surface area contributed by atoms with Crippen LogP contribution < -0.4 is 5.73 Å². The van der Waals surface area contributed by atoms with Crippen LogP contribution in [0.2, 0.25) is 5.02 Å². The van der Waals surface area contributed by atoms with Crippen molar-refractivity contribution in [2.45, 2.75) is 39.3 Å². The van der Waals surface area contributed by atoms with Crippen LogP contribution in [-0.4, -0.2) is 72.5 Å². The van der Waals surface area contributed by atoms with Gasteiger partial charge in [0.25, 0.3) is 0 Å². The summed E-state index contributed by atoms with van der Waals surface area (Å²) in [6.45, 7) is 12.8. The second kappa shape index (κ2) is 11.8. The third kappa shape index (κ3) is 6.55. The molecule has 1 saturated heterocycles. The van der Waals surface area contributed by atoms with Crippen molar-refractivity contribution in [3.05, 3.63) is 70.2 Å². The molecule has 2 N–H and O–H groups in total. The fourth-order valence-electron chi connectivity index (χ4n) is 4.40. The molecular weight excluding hydrogens is 420 g/mol. The second-order valence-electron chi connectivity index (χ2n) is 8.71. The van der Waals surface area contributed by atoms with Crippen LogP contribution in [-0.2, 0) is 11.2 Å². The zero-order chi connectivity index (χ0) is 23.1. The lowest BCUT2D eigenvalue weighted by molar-refractivity contribution is -0.134. The number of likely N-dealkylation sites (N-methyl/N-ethyl adjacent to an activating group) is 1. The van der Waals surface area contributed by atoms with Gasteiger partial charge in [0.1, 0.15) is 0 Å². The van der Waals surface area contributed by atoms with Crippen LogP contribution in [0.3, 0.4) is 0 Å². The fourth-order valence-corrected chi connectivity index (χ4v) is 4.52. The topological polar surface area (TPSA) is 52.8 Å². The molecule has 2 aromatic carbocycles. The fraction of sp³-hybridized carbons (Fsp3) is 0.500. The number of nitrogens with zero attached hydrogens (tertiary/aromatic N) is 3. The van der Waals surface area contributed by atoms with Gasteiger partial charge in [0.05, 0.1) is 6.04 Å². The molecule has 0 bridgehead atoms. The number of aryl methyl sites for hydroxylation is 1.